The highest BCUT2D eigenvalue weighted by atomic mass is 32.1. The summed E-state index contributed by atoms with van der Waals surface area (Å²) in [6, 6.07) is 11.9. The van der Waals surface area contributed by atoms with Crippen LogP contribution in [0, 0.1) is 0 Å². The summed E-state index contributed by atoms with van der Waals surface area (Å²) < 4.78 is 0. The van der Waals surface area contributed by atoms with Crippen LogP contribution < -0.4 is 10.6 Å². The first-order chi connectivity index (χ1) is 14.5. The summed E-state index contributed by atoms with van der Waals surface area (Å²) in [5.41, 5.74) is 2.40. The largest absolute Gasteiger partial charge is 0.479 e. The Morgan fingerprint density at radius 2 is 2.00 bits per heavy atom. The van der Waals surface area contributed by atoms with E-state index < -0.39 is 12.1 Å². The van der Waals surface area contributed by atoms with Crippen molar-refractivity contribution in [3.05, 3.63) is 62.8 Å². The number of aliphatic carboxylic acids is 1. The van der Waals surface area contributed by atoms with Crippen LogP contribution in [0.2, 0.25) is 0 Å². The number of amides is 1. The van der Waals surface area contributed by atoms with Crippen molar-refractivity contribution in [2.45, 2.75) is 38.8 Å². The van der Waals surface area contributed by atoms with Gasteiger partial charge in [-0.2, -0.15) is 0 Å². The fraction of sp³-hybridized carbons (Fsp3) is 0.286. The third kappa shape index (κ3) is 5.65. The summed E-state index contributed by atoms with van der Waals surface area (Å²) in [6.45, 7) is 2.79. The Morgan fingerprint density at radius 3 is 2.77 bits per heavy atom. The zero-order valence-electron chi connectivity index (χ0n) is 16.4. The fourth-order valence-corrected chi connectivity index (χ4v) is 4.38. The van der Waals surface area contributed by atoms with Gasteiger partial charge in [-0.3, -0.25) is 10.1 Å². The van der Waals surface area contributed by atoms with E-state index in [9.17, 15) is 14.7 Å². The van der Waals surface area contributed by atoms with E-state index in [-0.39, 0.29) is 16.7 Å². The van der Waals surface area contributed by atoms with Gasteiger partial charge in [0.15, 0.2) is 11.2 Å². The molecule has 1 atom stereocenters. The molecular formula is C21H23N3O4S2. The normalized spacial score (nSPS) is 11.8. The van der Waals surface area contributed by atoms with E-state index >= 15 is 0 Å². The number of carbonyl (C=O) groups is 2. The molecule has 3 rings (SSSR count). The molecule has 4 N–H and O–H groups in total. The van der Waals surface area contributed by atoms with Gasteiger partial charge in [0.05, 0.1) is 10.6 Å². The van der Waals surface area contributed by atoms with Crippen molar-refractivity contribution in [2.75, 3.05) is 10.6 Å². The molecule has 158 valence electrons. The van der Waals surface area contributed by atoms with Crippen molar-refractivity contribution in [3.8, 4) is 0 Å². The second kappa shape index (κ2) is 10.3. The van der Waals surface area contributed by atoms with Gasteiger partial charge in [0.1, 0.15) is 0 Å². The van der Waals surface area contributed by atoms with Crippen LogP contribution in [0.4, 0.5) is 10.8 Å². The van der Waals surface area contributed by atoms with Crippen molar-refractivity contribution >= 4 is 45.4 Å². The number of aliphatic hydroxyl groups excluding tert-OH is 1. The molecule has 0 saturated heterocycles. The number of benzene rings is 1. The summed E-state index contributed by atoms with van der Waals surface area (Å²) in [5.74, 6) is -1.70. The van der Waals surface area contributed by atoms with Gasteiger partial charge in [0.25, 0.3) is 5.91 Å². The number of hydrogen-bond acceptors (Lipinski definition) is 7. The number of para-hydroxylation sites is 1. The molecule has 0 fully saturated rings. The molecule has 0 spiro atoms. The minimum absolute atomic E-state index is 0.000562. The highest BCUT2D eigenvalue weighted by Gasteiger charge is 2.20. The van der Waals surface area contributed by atoms with Gasteiger partial charge in [-0.05, 0) is 36.6 Å². The number of rotatable bonds is 10. The highest BCUT2D eigenvalue weighted by Crippen LogP contribution is 2.24. The average Bonchev–Trinajstić information content (AvgIpc) is 3.40. The van der Waals surface area contributed by atoms with Crippen molar-refractivity contribution in [1.82, 2.24) is 4.98 Å². The molecule has 0 aliphatic rings. The zero-order valence-corrected chi connectivity index (χ0v) is 18.1. The number of hydrogen-bond donors (Lipinski definition) is 4. The number of carboxylic acids is 1. The first kappa shape index (κ1) is 21.9. The average molecular weight is 446 g/mol. The molecule has 2 heterocycles. The van der Waals surface area contributed by atoms with Crippen LogP contribution in [0.15, 0.2) is 41.8 Å². The van der Waals surface area contributed by atoms with Crippen molar-refractivity contribution in [2.24, 2.45) is 0 Å². The Hall–Kier alpha value is -2.75. The maximum absolute atomic E-state index is 12.5. The van der Waals surface area contributed by atoms with Gasteiger partial charge in [0.2, 0.25) is 0 Å². The Kier molecular flexibility index (Phi) is 7.56. The fourth-order valence-electron chi connectivity index (χ4n) is 2.81. The van der Waals surface area contributed by atoms with Crippen LogP contribution in [-0.2, 0) is 17.8 Å². The summed E-state index contributed by atoms with van der Waals surface area (Å²) in [5, 5.41) is 26.1. The number of carboxylic acid groups (broad SMARTS) is 1. The molecule has 0 saturated carbocycles. The van der Waals surface area contributed by atoms with Crippen LogP contribution in [0.5, 0.6) is 0 Å². The van der Waals surface area contributed by atoms with E-state index in [2.05, 4.69) is 34.7 Å². The number of nitrogens with one attached hydrogen (secondary N) is 2. The maximum Gasteiger partial charge on any atom is 0.338 e. The first-order valence-corrected chi connectivity index (χ1v) is 11.3. The summed E-state index contributed by atoms with van der Waals surface area (Å²) in [6.07, 6.45) is 1.62. The van der Waals surface area contributed by atoms with Gasteiger partial charge in [-0.1, -0.05) is 31.5 Å². The van der Waals surface area contributed by atoms with Crippen LogP contribution in [0.3, 0.4) is 0 Å². The Bertz CT molecular complexity index is 1020. The van der Waals surface area contributed by atoms with Crippen LogP contribution in [-0.4, -0.2) is 27.1 Å². The molecule has 0 bridgehead atoms. The van der Waals surface area contributed by atoms with Crippen molar-refractivity contribution in [3.63, 3.8) is 0 Å². The number of aliphatic hydroxyl groups is 1. The van der Waals surface area contributed by atoms with E-state index in [1.807, 2.05) is 18.2 Å². The predicted octanol–water partition coefficient (Wildman–Crippen LogP) is 4.53. The summed E-state index contributed by atoms with van der Waals surface area (Å²) in [4.78, 5) is 28.8. The lowest BCUT2D eigenvalue weighted by Gasteiger charge is -2.11. The van der Waals surface area contributed by atoms with Gasteiger partial charge < -0.3 is 15.5 Å². The first-order valence-electron chi connectivity index (χ1n) is 9.56. The Morgan fingerprint density at radius 1 is 1.20 bits per heavy atom. The maximum atomic E-state index is 12.5. The minimum atomic E-state index is -1.70. The molecular weight excluding hydrogens is 422 g/mol. The standard InChI is InChI=1S/C21H23N3O4S2/c1-2-3-6-13-7-4-5-8-15(13)22-11-14-9-10-17(30-14)19(26)24-21-23-16(12-29-21)18(25)20(27)28/h4-5,7-10,12,18,22,25H,2-3,6,11H2,1H3,(H,27,28)(H,23,24,26). The molecule has 1 unspecified atom stereocenters. The molecule has 7 nitrogen and oxygen atoms in total. The third-order valence-electron chi connectivity index (χ3n) is 4.41. The van der Waals surface area contributed by atoms with Gasteiger partial charge in [-0.25, -0.2) is 9.78 Å². The molecule has 9 heteroatoms. The minimum Gasteiger partial charge on any atom is -0.479 e. The number of thiazole rings is 1. The summed E-state index contributed by atoms with van der Waals surface area (Å²) in [7, 11) is 0. The molecule has 30 heavy (non-hydrogen) atoms. The molecule has 0 aliphatic carbocycles. The van der Waals surface area contributed by atoms with Gasteiger partial charge in [-0.15, -0.1) is 22.7 Å². The SMILES string of the molecule is CCCCc1ccccc1NCc1ccc(C(=O)Nc2nc(C(O)C(=O)O)cs2)s1. The Balaban J connectivity index is 1.59. The lowest BCUT2D eigenvalue weighted by Crippen LogP contribution is -2.12. The summed E-state index contributed by atoms with van der Waals surface area (Å²) >= 11 is 2.45. The van der Waals surface area contributed by atoms with E-state index in [1.54, 1.807) is 6.07 Å². The van der Waals surface area contributed by atoms with Crippen LogP contribution in [0.1, 0.15) is 51.7 Å². The van der Waals surface area contributed by atoms with Crippen molar-refractivity contribution in [1.29, 1.82) is 0 Å². The monoisotopic (exact) mass is 445 g/mol. The zero-order chi connectivity index (χ0) is 21.5. The van der Waals surface area contributed by atoms with Gasteiger partial charge >= 0.3 is 5.97 Å². The highest BCUT2D eigenvalue weighted by molar-refractivity contribution is 7.15. The Labute approximate surface area is 182 Å². The van der Waals surface area contributed by atoms with E-state index in [4.69, 9.17) is 5.11 Å². The molecule has 1 aromatic carbocycles. The van der Waals surface area contributed by atoms with E-state index in [0.717, 1.165) is 41.2 Å². The smallest absolute Gasteiger partial charge is 0.338 e. The van der Waals surface area contributed by atoms with Crippen LogP contribution >= 0.6 is 22.7 Å². The topological polar surface area (TPSA) is 112 Å². The number of aryl methyl sites for hydroxylation is 1. The second-order valence-corrected chi connectivity index (χ2v) is 8.68. The van der Waals surface area contributed by atoms with E-state index in [1.165, 1.54) is 22.3 Å². The number of unbranched alkanes of at least 4 members (excludes halogenated alkanes) is 1. The second-order valence-electron chi connectivity index (χ2n) is 6.65. The predicted molar refractivity (Wildman–Crippen MR) is 119 cm³/mol. The van der Waals surface area contributed by atoms with Crippen LogP contribution in [0.25, 0.3) is 0 Å². The molecule has 0 aliphatic heterocycles. The number of nitrogens with zero attached hydrogens (tertiary/aromatic N) is 1. The number of thiophene rings is 1. The lowest BCUT2D eigenvalue weighted by molar-refractivity contribution is -0.147. The van der Waals surface area contributed by atoms with Gasteiger partial charge in [0, 0.05) is 22.5 Å². The third-order valence-corrected chi connectivity index (χ3v) is 6.27. The molecule has 0 radical (unpaired) electrons. The number of anilines is 2. The number of aromatic nitrogens is 1. The molecule has 3 aromatic rings. The quantitative estimate of drug-likeness (QED) is 0.365. The molecule has 1 amide bonds. The number of carbonyl (C=O) groups excluding carboxylic acids is 1. The van der Waals surface area contributed by atoms with Crippen molar-refractivity contribution < 1.29 is 19.8 Å². The lowest BCUT2D eigenvalue weighted by atomic mass is 10.1. The molecule has 2 aromatic heterocycles. The van der Waals surface area contributed by atoms with E-state index in [0.29, 0.717) is 11.4 Å².